The van der Waals surface area contributed by atoms with Crippen LogP contribution in [-0.4, -0.2) is 33.2 Å². The van der Waals surface area contributed by atoms with E-state index in [2.05, 4.69) is 0 Å². The standard InChI is InChI=1S/C13H11Cl2N3O2/c1-17-11(19)6-13(14,15)18(12(17)20)8-10-5-3-2-4-9(10)7-16/h2-5H,6,8H2,1H3. The molecule has 5 nitrogen and oxygen atoms in total. The third-order valence-corrected chi connectivity index (χ3v) is 3.79. The van der Waals surface area contributed by atoms with Gasteiger partial charge in [-0.05, 0) is 11.6 Å². The Labute approximate surface area is 126 Å². The summed E-state index contributed by atoms with van der Waals surface area (Å²) in [5.41, 5.74) is 1.06. The smallest absolute Gasteiger partial charge is 0.287 e. The Morgan fingerprint density at radius 1 is 1.35 bits per heavy atom. The molecule has 1 saturated heterocycles. The lowest BCUT2D eigenvalue weighted by Crippen LogP contribution is -2.57. The summed E-state index contributed by atoms with van der Waals surface area (Å²) in [5, 5.41) is 9.05. The van der Waals surface area contributed by atoms with Gasteiger partial charge in [-0.25, -0.2) is 4.79 Å². The Morgan fingerprint density at radius 2 is 2.00 bits per heavy atom. The maximum absolute atomic E-state index is 12.1. The molecule has 0 saturated carbocycles. The molecule has 0 radical (unpaired) electrons. The number of benzene rings is 1. The zero-order valence-electron chi connectivity index (χ0n) is 10.6. The molecule has 3 amide bonds. The van der Waals surface area contributed by atoms with Crippen molar-refractivity contribution in [1.29, 1.82) is 5.26 Å². The minimum absolute atomic E-state index is 0.0627. The maximum atomic E-state index is 12.1. The normalized spacial score (nSPS) is 18.1. The number of hydrogen-bond acceptors (Lipinski definition) is 3. The number of nitriles is 1. The number of urea groups is 1. The van der Waals surface area contributed by atoms with Crippen molar-refractivity contribution < 1.29 is 9.59 Å². The van der Waals surface area contributed by atoms with Gasteiger partial charge < -0.3 is 0 Å². The first kappa shape index (κ1) is 14.6. The lowest BCUT2D eigenvalue weighted by molar-refractivity contribution is -0.131. The first-order valence-corrected chi connectivity index (χ1v) is 6.56. The molecule has 1 aliphatic heterocycles. The van der Waals surface area contributed by atoms with Crippen molar-refractivity contribution in [2.75, 3.05) is 7.05 Å². The molecule has 104 valence electrons. The van der Waals surface area contributed by atoms with Crippen LogP contribution in [0.25, 0.3) is 0 Å². The zero-order chi connectivity index (χ0) is 14.9. The van der Waals surface area contributed by atoms with Crippen LogP contribution in [0, 0.1) is 11.3 Å². The predicted molar refractivity (Wildman–Crippen MR) is 73.9 cm³/mol. The Balaban J connectivity index is 2.34. The molecule has 1 aliphatic rings. The van der Waals surface area contributed by atoms with Crippen LogP contribution >= 0.6 is 23.2 Å². The van der Waals surface area contributed by atoms with Crippen molar-refractivity contribution >= 4 is 35.1 Å². The van der Waals surface area contributed by atoms with Crippen molar-refractivity contribution in [3.63, 3.8) is 0 Å². The van der Waals surface area contributed by atoms with Crippen molar-refractivity contribution in [2.45, 2.75) is 17.4 Å². The van der Waals surface area contributed by atoms with Crippen molar-refractivity contribution in [3.05, 3.63) is 35.4 Å². The van der Waals surface area contributed by atoms with Gasteiger partial charge in [0.15, 0.2) is 0 Å². The van der Waals surface area contributed by atoms with E-state index in [9.17, 15) is 9.59 Å². The fraction of sp³-hybridized carbons (Fsp3) is 0.308. The summed E-state index contributed by atoms with van der Waals surface area (Å²) in [5.74, 6) is -0.440. The molecule has 0 unspecified atom stereocenters. The van der Waals surface area contributed by atoms with Gasteiger partial charge in [0.2, 0.25) is 10.4 Å². The Hall–Kier alpha value is -1.77. The Bertz CT molecular complexity index is 610. The van der Waals surface area contributed by atoms with Crippen LogP contribution in [0.2, 0.25) is 0 Å². The van der Waals surface area contributed by atoms with Crippen molar-refractivity contribution in [3.8, 4) is 6.07 Å². The average Bonchev–Trinajstić information content (AvgIpc) is 2.41. The van der Waals surface area contributed by atoms with Crippen LogP contribution in [0.4, 0.5) is 4.79 Å². The van der Waals surface area contributed by atoms with E-state index in [0.29, 0.717) is 11.1 Å². The van der Waals surface area contributed by atoms with Gasteiger partial charge in [0.05, 0.1) is 24.6 Å². The van der Waals surface area contributed by atoms with E-state index < -0.39 is 16.4 Å². The Morgan fingerprint density at radius 3 is 2.65 bits per heavy atom. The van der Waals surface area contributed by atoms with Crippen LogP contribution in [0.15, 0.2) is 24.3 Å². The monoisotopic (exact) mass is 311 g/mol. The lowest BCUT2D eigenvalue weighted by atomic mass is 10.1. The summed E-state index contributed by atoms with van der Waals surface area (Å²) in [6, 6.07) is 8.29. The van der Waals surface area contributed by atoms with Gasteiger partial charge >= 0.3 is 6.03 Å². The van der Waals surface area contributed by atoms with Gasteiger partial charge in [-0.1, -0.05) is 41.4 Å². The second-order valence-electron chi connectivity index (χ2n) is 4.43. The lowest BCUT2D eigenvalue weighted by Gasteiger charge is -2.40. The molecule has 2 rings (SSSR count). The first-order valence-electron chi connectivity index (χ1n) is 5.81. The van der Waals surface area contributed by atoms with Crippen molar-refractivity contribution in [2.24, 2.45) is 0 Å². The van der Waals surface area contributed by atoms with Crippen LogP contribution in [0.1, 0.15) is 17.5 Å². The molecule has 0 bridgehead atoms. The maximum Gasteiger partial charge on any atom is 0.329 e. The third kappa shape index (κ3) is 2.58. The molecule has 0 aliphatic carbocycles. The number of nitrogens with zero attached hydrogens (tertiary/aromatic N) is 3. The van der Waals surface area contributed by atoms with Crippen LogP contribution in [0.3, 0.4) is 0 Å². The molecule has 0 N–H and O–H groups in total. The van der Waals surface area contributed by atoms with Crippen molar-refractivity contribution in [1.82, 2.24) is 9.80 Å². The molecule has 1 aromatic rings. The molecule has 0 spiro atoms. The third-order valence-electron chi connectivity index (χ3n) is 3.12. The van der Waals surface area contributed by atoms with Gasteiger partial charge in [0.25, 0.3) is 0 Å². The van der Waals surface area contributed by atoms with E-state index in [1.165, 1.54) is 11.9 Å². The van der Waals surface area contributed by atoms with Gasteiger partial charge in [0, 0.05) is 7.05 Å². The highest BCUT2D eigenvalue weighted by molar-refractivity contribution is 6.50. The largest absolute Gasteiger partial charge is 0.329 e. The van der Waals surface area contributed by atoms with E-state index in [0.717, 1.165) is 4.90 Å². The average molecular weight is 312 g/mol. The molecule has 0 aromatic heterocycles. The molecule has 1 aromatic carbocycles. The SMILES string of the molecule is CN1C(=O)CC(Cl)(Cl)N(Cc2ccccc2C#N)C1=O. The fourth-order valence-corrected chi connectivity index (χ4v) is 2.44. The highest BCUT2D eigenvalue weighted by Gasteiger charge is 2.46. The Kier molecular flexibility index (Phi) is 3.89. The number of imide groups is 1. The quantitative estimate of drug-likeness (QED) is 0.622. The first-order chi connectivity index (χ1) is 9.36. The van der Waals surface area contributed by atoms with Crippen LogP contribution in [-0.2, 0) is 11.3 Å². The molecule has 0 atom stereocenters. The highest BCUT2D eigenvalue weighted by atomic mass is 35.5. The summed E-state index contributed by atoms with van der Waals surface area (Å²) in [7, 11) is 1.37. The summed E-state index contributed by atoms with van der Waals surface area (Å²) >= 11 is 12.2. The second-order valence-corrected chi connectivity index (χ2v) is 5.88. The minimum Gasteiger partial charge on any atom is -0.287 e. The number of amides is 3. The predicted octanol–water partition coefficient (Wildman–Crippen LogP) is 2.47. The van der Waals surface area contributed by atoms with E-state index >= 15 is 0 Å². The van der Waals surface area contributed by atoms with E-state index in [1.807, 2.05) is 6.07 Å². The van der Waals surface area contributed by atoms with Crippen LogP contribution < -0.4 is 0 Å². The van der Waals surface area contributed by atoms with Crippen LogP contribution in [0.5, 0.6) is 0 Å². The topological polar surface area (TPSA) is 64.4 Å². The van der Waals surface area contributed by atoms with E-state index in [1.54, 1.807) is 24.3 Å². The fourth-order valence-electron chi connectivity index (χ4n) is 1.94. The molecule has 7 heteroatoms. The number of carbonyl (C=O) groups excluding carboxylic acids is 2. The summed E-state index contributed by atoms with van der Waals surface area (Å²) in [4.78, 5) is 25.9. The molecular formula is C13H11Cl2N3O2. The number of rotatable bonds is 2. The number of halogens is 2. The zero-order valence-corrected chi connectivity index (χ0v) is 12.1. The van der Waals surface area contributed by atoms with E-state index in [-0.39, 0.29) is 13.0 Å². The summed E-state index contributed by atoms with van der Waals surface area (Å²) in [6.45, 7) is 0.0627. The molecule has 1 fully saturated rings. The molecule has 20 heavy (non-hydrogen) atoms. The highest BCUT2D eigenvalue weighted by Crippen LogP contribution is 2.36. The summed E-state index contributed by atoms with van der Waals surface area (Å²) in [6.07, 6.45) is -0.187. The van der Waals surface area contributed by atoms with Gasteiger partial charge in [-0.2, -0.15) is 5.26 Å². The second kappa shape index (κ2) is 5.31. The van der Waals surface area contributed by atoms with E-state index in [4.69, 9.17) is 28.5 Å². The van der Waals surface area contributed by atoms with Gasteiger partial charge in [0.1, 0.15) is 0 Å². The number of carbonyl (C=O) groups is 2. The van der Waals surface area contributed by atoms with Gasteiger partial charge in [-0.3, -0.25) is 14.6 Å². The number of alkyl halides is 2. The minimum atomic E-state index is -1.61. The molecule has 1 heterocycles. The summed E-state index contributed by atoms with van der Waals surface area (Å²) < 4.78 is -1.61. The molecular weight excluding hydrogens is 301 g/mol. The van der Waals surface area contributed by atoms with Gasteiger partial charge in [-0.15, -0.1) is 0 Å². The number of hydrogen-bond donors (Lipinski definition) is 0.